The van der Waals surface area contributed by atoms with Crippen molar-refractivity contribution in [2.24, 2.45) is 0 Å². The Kier molecular flexibility index (Phi) is 10.4. The Labute approximate surface area is 279 Å². The number of ether oxygens (including phenoxy) is 2. The van der Waals surface area contributed by atoms with E-state index in [1.807, 2.05) is 80.6 Å². The Morgan fingerprint density at radius 2 is 1.75 bits per heavy atom. The summed E-state index contributed by atoms with van der Waals surface area (Å²) in [7, 11) is 0. The molecule has 0 aliphatic carbocycles. The zero-order chi connectivity index (χ0) is 33.5. The van der Waals surface area contributed by atoms with E-state index < -0.39 is 17.2 Å². The number of carbonyl (C=O) groups excluding carboxylic acids is 1. The molecule has 2 aliphatic heterocycles. The number of halogens is 1. The third-order valence-electron chi connectivity index (χ3n) is 8.43. The van der Waals surface area contributed by atoms with Crippen molar-refractivity contribution in [3.8, 4) is 28.3 Å². The predicted octanol–water partition coefficient (Wildman–Crippen LogP) is 6.43. The molecule has 2 aromatic heterocycles. The fourth-order valence-corrected chi connectivity index (χ4v) is 6.04. The zero-order valence-electron chi connectivity index (χ0n) is 27.3. The highest BCUT2D eigenvalue weighted by atomic mass is 19.1. The van der Waals surface area contributed by atoms with E-state index in [0.717, 1.165) is 56.1 Å². The summed E-state index contributed by atoms with van der Waals surface area (Å²) in [6.45, 7) is 8.86. The van der Waals surface area contributed by atoms with E-state index in [0.29, 0.717) is 29.9 Å². The average Bonchev–Trinajstić information content (AvgIpc) is 3.14. The van der Waals surface area contributed by atoms with Crippen LogP contribution < -0.4 is 20.8 Å². The van der Waals surface area contributed by atoms with Crippen LogP contribution in [0.25, 0.3) is 27.7 Å². The number of pyridine rings is 2. The molecule has 0 unspecified atom stereocenters. The summed E-state index contributed by atoms with van der Waals surface area (Å²) in [5.41, 5.74) is 3.36. The van der Waals surface area contributed by atoms with Crippen LogP contribution in [0, 0.1) is 5.82 Å². The monoisotopic (exact) mass is 649 g/mol. The molecule has 0 spiro atoms. The molecule has 7 rings (SSSR count). The molecule has 248 valence electrons. The number of morpholine rings is 1. The molecule has 0 radical (unpaired) electrons. The van der Waals surface area contributed by atoms with Crippen molar-refractivity contribution >= 4 is 22.5 Å². The highest BCUT2D eigenvalue weighted by Crippen LogP contribution is 2.46. The summed E-state index contributed by atoms with van der Waals surface area (Å²) in [6, 6.07) is 22.4. The number of anilines is 1. The van der Waals surface area contributed by atoms with Crippen molar-refractivity contribution in [2.75, 3.05) is 51.3 Å². The van der Waals surface area contributed by atoms with Crippen molar-refractivity contribution in [3.63, 3.8) is 0 Å². The van der Waals surface area contributed by atoms with Gasteiger partial charge >= 0.3 is 0 Å². The summed E-state index contributed by atoms with van der Waals surface area (Å²) >= 11 is 0. The van der Waals surface area contributed by atoms with Gasteiger partial charge in [0.25, 0.3) is 5.91 Å². The summed E-state index contributed by atoms with van der Waals surface area (Å²) in [6.07, 6.45) is 4.53. The van der Waals surface area contributed by atoms with E-state index in [9.17, 15) is 9.59 Å². The van der Waals surface area contributed by atoms with E-state index in [4.69, 9.17) is 9.47 Å². The van der Waals surface area contributed by atoms with Gasteiger partial charge in [0.2, 0.25) is 5.43 Å². The standard InChI is InChI=1S/C36H34FN5O4.C2H6/c37-29-22-27-33-35(32(29)39-14-6-16-41-17-19-45-20-18-41)46-31-11-10-25(24-7-2-1-3-8-24)21-30(31)42(33)23-28(34(27)43)36(44)40-15-12-26-9-4-5-13-38-26;1-2/h1-5,7-11,13,21-23,39H,6,12,14-20H2,(H,40,44);1-2H3. The van der Waals surface area contributed by atoms with Gasteiger partial charge < -0.3 is 24.7 Å². The van der Waals surface area contributed by atoms with E-state index in [-0.39, 0.29) is 28.9 Å². The number of hydrogen-bond donors (Lipinski definition) is 2. The van der Waals surface area contributed by atoms with Crippen LogP contribution in [0.15, 0.2) is 90.0 Å². The van der Waals surface area contributed by atoms with Crippen LogP contribution in [0.2, 0.25) is 0 Å². The van der Waals surface area contributed by atoms with Crippen molar-refractivity contribution in [3.05, 3.63) is 112 Å². The first kappa shape index (κ1) is 32.9. The van der Waals surface area contributed by atoms with Crippen molar-refractivity contribution < 1.29 is 18.7 Å². The number of aromatic nitrogens is 2. The Morgan fingerprint density at radius 1 is 0.958 bits per heavy atom. The summed E-state index contributed by atoms with van der Waals surface area (Å²) < 4.78 is 29.4. The van der Waals surface area contributed by atoms with Crippen molar-refractivity contribution in [2.45, 2.75) is 26.7 Å². The molecule has 0 atom stereocenters. The second kappa shape index (κ2) is 15.2. The normalized spacial score (nSPS) is 13.6. The molecule has 1 saturated heterocycles. The van der Waals surface area contributed by atoms with Crippen LogP contribution >= 0.6 is 0 Å². The number of fused-ring (bicyclic) bond motifs is 2. The van der Waals surface area contributed by atoms with Crippen molar-refractivity contribution in [1.82, 2.24) is 19.8 Å². The summed E-state index contributed by atoms with van der Waals surface area (Å²) in [5.74, 6) is -0.443. The minimum Gasteiger partial charge on any atom is -0.451 e. The summed E-state index contributed by atoms with van der Waals surface area (Å²) in [5, 5.41) is 6.15. The first-order chi connectivity index (χ1) is 23.6. The van der Waals surface area contributed by atoms with Crippen LogP contribution in [0.3, 0.4) is 0 Å². The molecular weight excluding hydrogens is 609 g/mol. The van der Waals surface area contributed by atoms with Crippen LogP contribution in [0.5, 0.6) is 11.5 Å². The van der Waals surface area contributed by atoms with Crippen LogP contribution in [0.1, 0.15) is 36.3 Å². The molecule has 0 bridgehead atoms. The number of nitrogens with one attached hydrogen (secondary N) is 2. The topological polar surface area (TPSA) is 97.7 Å². The maximum atomic E-state index is 15.8. The lowest BCUT2D eigenvalue weighted by atomic mass is 10.0. The first-order valence-corrected chi connectivity index (χ1v) is 16.6. The number of rotatable bonds is 10. The van der Waals surface area contributed by atoms with Crippen LogP contribution in [-0.4, -0.2) is 66.3 Å². The predicted molar refractivity (Wildman–Crippen MR) is 187 cm³/mol. The number of hydrogen-bond acceptors (Lipinski definition) is 7. The zero-order valence-corrected chi connectivity index (χ0v) is 27.3. The Balaban J connectivity index is 0.00000197. The van der Waals surface area contributed by atoms with E-state index in [1.165, 1.54) is 6.07 Å². The molecule has 2 N–H and O–H groups in total. The smallest absolute Gasteiger partial charge is 0.256 e. The summed E-state index contributed by atoms with van der Waals surface area (Å²) in [4.78, 5) is 33.9. The quantitative estimate of drug-likeness (QED) is 0.165. The molecule has 10 heteroatoms. The second-order valence-electron chi connectivity index (χ2n) is 11.4. The molecule has 2 aliphatic rings. The van der Waals surface area contributed by atoms with E-state index in [1.54, 1.807) is 17.0 Å². The van der Waals surface area contributed by atoms with Gasteiger partial charge in [0.1, 0.15) is 16.8 Å². The number of benzene rings is 3. The lowest BCUT2D eigenvalue weighted by molar-refractivity contribution is 0.0378. The first-order valence-electron chi connectivity index (χ1n) is 16.6. The van der Waals surface area contributed by atoms with Gasteiger partial charge in [0, 0.05) is 50.7 Å². The largest absolute Gasteiger partial charge is 0.451 e. The van der Waals surface area contributed by atoms with Gasteiger partial charge in [0.15, 0.2) is 17.3 Å². The molecule has 5 aromatic rings. The lowest BCUT2D eigenvalue weighted by Gasteiger charge is -2.28. The van der Waals surface area contributed by atoms with Gasteiger partial charge in [0.05, 0.1) is 24.3 Å². The molecule has 3 aromatic carbocycles. The fraction of sp³-hybridized carbons (Fsp3) is 0.289. The van der Waals surface area contributed by atoms with E-state index >= 15 is 4.39 Å². The maximum absolute atomic E-state index is 15.8. The number of amides is 1. The van der Waals surface area contributed by atoms with Gasteiger partial charge in [-0.3, -0.25) is 19.5 Å². The van der Waals surface area contributed by atoms with Gasteiger partial charge in [-0.1, -0.05) is 56.3 Å². The molecule has 1 fully saturated rings. The molecular formula is C38H40FN5O4. The molecule has 1 amide bonds. The third-order valence-corrected chi connectivity index (χ3v) is 8.43. The SMILES string of the molecule is CC.O=C(NCCc1ccccn1)c1cn2c3c(c(NCCCN4CCOCC4)c(F)cc3c1=O)Oc1ccc(-c3ccccc3)cc1-2. The number of nitrogens with zero attached hydrogens (tertiary/aromatic N) is 3. The van der Waals surface area contributed by atoms with Gasteiger partial charge in [-0.05, 0) is 54.4 Å². The number of carbonyl (C=O) groups is 1. The minimum atomic E-state index is -0.616. The van der Waals surface area contributed by atoms with E-state index in [2.05, 4.69) is 20.5 Å². The van der Waals surface area contributed by atoms with Gasteiger partial charge in [-0.15, -0.1) is 0 Å². The molecule has 4 heterocycles. The Morgan fingerprint density at radius 3 is 2.52 bits per heavy atom. The van der Waals surface area contributed by atoms with Crippen LogP contribution in [0.4, 0.5) is 10.1 Å². The van der Waals surface area contributed by atoms with Crippen LogP contribution in [-0.2, 0) is 11.2 Å². The highest BCUT2D eigenvalue weighted by Gasteiger charge is 2.29. The molecule has 0 saturated carbocycles. The minimum absolute atomic E-state index is 0.0690. The van der Waals surface area contributed by atoms with Gasteiger partial charge in [-0.25, -0.2) is 4.39 Å². The van der Waals surface area contributed by atoms with Gasteiger partial charge in [-0.2, -0.15) is 0 Å². The van der Waals surface area contributed by atoms with Crippen molar-refractivity contribution in [1.29, 1.82) is 0 Å². The lowest BCUT2D eigenvalue weighted by Crippen LogP contribution is -2.37. The highest BCUT2D eigenvalue weighted by molar-refractivity contribution is 6.01. The Hall–Kier alpha value is -5.06. The Bertz CT molecular complexity index is 1940. The fourth-order valence-electron chi connectivity index (χ4n) is 6.04. The maximum Gasteiger partial charge on any atom is 0.256 e. The second-order valence-corrected chi connectivity index (χ2v) is 11.4. The molecule has 48 heavy (non-hydrogen) atoms. The third kappa shape index (κ3) is 6.95. The average molecular weight is 650 g/mol. The molecule has 9 nitrogen and oxygen atoms in total.